The number of hydrogen-bond donors (Lipinski definition) is 3. The largest absolute Gasteiger partial charge is 0.384 e. The number of likely N-dealkylation sites (N-methyl/N-ethyl adjacent to an activating group) is 1. The molecule has 0 saturated heterocycles. The number of urea groups is 1. The van der Waals surface area contributed by atoms with Crippen molar-refractivity contribution in [2.75, 3.05) is 37.8 Å². The van der Waals surface area contributed by atoms with Crippen molar-refractivity contribution >= 4 is 50.0 Å². The molecule has 1 aliphatic heterocycles. The summed E-state index contributed by atoms with van der Waals surface area (Å²) in [6.07, 6.45) is 3.65. The van der Waals surface area contributed by atoms with E-state index in [0.717, 1.165) is 42.0 Å². The molecule has 1 atom stereocenters. The van der Waals surface area contributed by atoms with Gasteiger partial charge in [0.15, 0.2) is 0 Å². The van der Waals surface area contributed by atoms with Crippen molar-refractivity contribution in [3.05, 3.63) is 75.1 Å². The summed E-state index contributed by atoms with van der Waals surface area (Å²) in [4.78, 5) is 27.4. The van der Waals surface area contributed by atoms with Crippen LogP contribution in [0, 0.1) is 5.82 Å². The van der Waals surface area contributed by atoms with E-state index < -0.39 is 27.4 Å². The average Bonchev–Trinajstić information content (AvgIpc) is 3.27. The van der Waals surface area contributed by atoms with Crippen LogP contribution in [0.25, 0.3) is 16.5 Å². The van der Waals surface area contributed by atoms with Gasteiger partial charge in [-0.2, -0.15) is 0 Å². The Morgan fingerprint density at radius 2 is 1.92 bits per heavy atom. The maximum atomic E-state index is 15.0. The zero-order valence-electron chi connectivity index (χ0n) is 20.6. The molecule has 2 amide bonds. The van der Waals surface area contributed by atoms with Gasteiger partial charge in [0.2, 0.25) is 0 Å². The fraction of sp³-hybridized carbons (Fsp3) is 0.280. The van der Waals surface area contributed by atoms with E-state index in [0.29, 0.717) is 11.8 Å². The molecular formula is C25H28FN5O4S2. The van der Waals surface area contributed by atoms with Gasteiger partial charge in [-0.15, -0.1) is 11.8 Å². The van der Waals surface area contributed by atoms with Crippen LogP contribution >= 0.6 is 11.8 Å². The molecule has 0 fully saturated rings. The minimum atomic E-state index is -4.00. The van der Waals surface area contributed by atoms with Crippen molar-refractivity contribution in [1.82, 2.24) is 14.2 Å². The molecule has 0 saturated carbocycles. The van der Waals surface area contributed by atoms with Gasteiger partial charge in [-0.05, 0) is 68.4 Å². The van der Waals surface area contributed by atoms with Gasteiger partial charge < -0.3 is 15.5 Å². The van der Waals surface area contributed by atoms with Crippen LogP contribution in [0.3, 0.4) is 0 Å². The van der Waals surface area contributed by atoms with Crippen molar-refractivity contribution < 1.29 is 17.6 Å². The average molecular weight is 546 g/mol. The van der Waals surface area contributed by atoms with Crippen molar-refractivity contribution in [2.24, 2.45) is 0 Å². The number of anilines is 2. The number of pyridine rings is 1. The van der Waals surface area contributed by atoms with Crippen LogP contribution in [0.1, 0.15) is 13.3 Å². The third-order valence-electron chi connectivity index (χ3n) is 5.68. The van der Waals surface area contributed by atoms with Crippen LogP contribution in [-0.4, -0.2) is 56.4 Å². The molecule has 4 rings (SSSR count). The van der Waals surface area contributed by atoms with E-state index in [4.69, 9.17) is 0 Å². The Bertz CT molecular complexity index is 1540. The monoisotopic (exact) mass is 545 g/mol. The normalized spacial score (nSPS) is 15.6. The summed E-state index contributed by atoms with van der Waals surface area (Å²) < 4.78 is 42.9. The van der Waals surface area contributed by atoms with Gasteiger partial charge in [0.05, 0.1) is 5.69 Å². The lowest BCUT2D eigenvalue weighted by Crippen LogP contribution is -2.34. The molecule has 0 aliphatic carbocycles. The lowest BCUT2D eigenvalue weighted by Gasteiger charge is -2.13. The molecule has 37 heavy (non-hydrogen) atoms. The number of halogens is 1. The molecular weight excluding hydrogens is 517 g/mol. The van der Waals surface area contributed by atoms with E-state index in [9.17, 15) is 22.4 Å². The van der Waals surface area contributed by atoms with Gasteiger partial charge >= 0.3 is 6.03 Å². The van der Waals surface area contributed by atoms with Gasteiger partial charge in [-0.1, -0.05) is 13.0 Å². The fourth-order valence-corrected chi connectivity index (χ4v) is 6.43. The van der Waals surface area contributed by atoms with Crippen molar-refractivity contribution in [1.29, 1.82) is 0 Å². The van der Waals surface area contributed by atoms with E-state index in [1.54, 1.807) is 24.3 Å². The summed E-state index contributed by atoms with van der Waals surface area (Å²) in [5, 5.41) is 6.89. The Morgan fingerprint density at radius 3 is 2.59 bits per heavy atom. The van der Waals surface area contributed by atoms with Crippen LogP contribution in [0.5, 0.6) is 0 Å². The van der Waals surface area contributed by atoms with Crippen LogP contribution in [-0.2, 0) is 10.0 Å². The molecule has 1 aromatic heterocycles. The first-order valence-electron chi connectivity index (χ1n) is 11.6. The first kappa shape index (κ1) is 26.7. The number of aromatic nitrogens is 1. The number of hydrogen-bond acceptors (Lipinski definition) is 7. The second-order valence-electron chi connectivity index (χ2n) is 8.94. The Morgan fingerprint density at radius 1 is 1.16 bits per heavy atom. The minimum absolute atomic E-state index is 0.000151. The Labute approximate surface area is 218 Å². The summed E-state index contributed by atoms with van der Waals surface area (Å²) in [6.45, 7) is 3.50. The van der Waals surface area contributed by atoms with Crippen molar-refractivity contribution in [3.63, 3.8) is 0 Å². The van der Waals surface area contributed by atoms with Crippen LogP contribution in [0.15, 0.2) is 63.8 Å². The molecule has 9 nitrogen and oxygen atoms in total. The number of rotatable bonds is 8. The second kappa shape index (κ2) is 11.0. The Hall–Kier alpha value is -3.35. The summed E-state index contributed by atoms with van der Waals surface area (Å²) in [6, 6.07) is 9.87. The SMILES string of the molecule is CC1CC=C(S(=O)(=O)NC(=O)Nc2ccc(-n3ccc4cc(NCCN(C)C)ccc4c3=O)c(F)c2)S1. The molecule has 3 N–H and O–H groups in total. The third kappa shape index (κ3) is 6.32. The molecule has 0 spiro atoms. The summed E-state index contributed by atoms with van der Waals surface area (Å²) in [5.41, 5.74) is 0.529. The van der Waals surface area contributed by atoms with Crippen LogP contribution in [0.2, 0.25) is 0 Å². The molecule has 196 valence electrons. The number of thioether (sulfide) groups is 1. The molecule has 0 radical (unpaired) electrons. The van der Waals surface area contributed by atoms with Gasteiger partial charge in [0.25, 0.3) is 15.6 Å². The molecule has 1 unspecified atom stereocenters. The number of sulfonamides is 1. The van der Waals surface area contributed by atoms with E-state index in [1.807, 2.05) is 31.8 Å². The maximum absolute atomic E-state index is 15.0. The quantitative estimate of drug-likeness (QED) is 0.393. The fourth-order valence-electron chi connectivity index (χ4n) is 3.81. The topological polar surface area (TPSA) is 113 Å². The van der Waals surface area contributed by atoms with E-state index >= 15 is 0 Å². The number of benzene rings is 2. The first-order valence-corrected chi connectivity index (χ1v) is 13.9. The second-order valence-corrected chi connectivity index (χ2v) is 12.3. The minimum Gasteiger partial charge on any atom is -0.384 e. The number of amides is 2. The highest BCUT2D eigenvalue weighted by molar-refractivity contribution is 8.18. The van der Waals surface area contributed by atoms with Gasteiger partial charge in [-0.3, -0.25) is 9.36 Å². The van der Waals surface area contributed by atoms with Crippen molar-refractivity contribution in [2.45, 2.75) is 18.6 Å². The van der Waals surface area contributed by atoms with Gasteiger partial charge in [-0.25, -0.2) is 22.3 Å². The predicted octanol–water partition coefficient (Wildman–Crippen LogP) is 3.92. The zero-order chi connectivity index (χ0) is 26.7. The molecule has 1 aliphatic rings. The number of fused-ring (bicyclic) bond motifs is 1. The van der Waals surface area contributed by atoms with Gasteiger partial charge in [0, 0.05) is 41.3 Å². The standard InChI is InChI=1S/C25H28FN5O4S2/c1-16-4-9-23(36-16)37(34,35)29-25(33)28-19-6-8-22(21(26)15-19)31-12-10-17-14-18(27-11-13-30(2)3)5-7-20(17)24(31)32/h5-10,12,14-16,27H,4,11,13H2,1-3H3,(H2,28,29,33). The third-order valence-corrected chi connectivity index (χ3v) is 8.77. The molecule has 0 bridgehead atoms. The molecule has 3 aromatic rings. The Balaban J connectivity index is 1.49. The van der Waals surface area contributed by atoms with E-state index in [2.05, 4.69) is 15.5 Å². The van der Waals surface area contributed by atoms with Gasteiger partial charge in [0.1, 0.15) is 10.1 Å². The Kier molecular flexibility index (Phi) is 7.90. The molecule has 12 heteroatoms. The summed E-state index contributed by atoms with van der Waals surface area (Å²) in [7, 11) is -0.0233. The van der Waals surface area contributed by atoms with E-state index in [1.165, 1.54) is 22.9 Å². The predicted molar refractivity (Wildman–Crippen MR) is 147 cm³/mol. The number of allylic oxidation sites excluding steroid dienone is 1. The lowest BCUT2D eigenvalue weighted by atomic mass is 10.1. The lowest BCUT2D eigenvalue weighted by molar-refractivity contribution is 0.256. The molecule has 2 heterocycles. The zero-order valence-corrected chi connectivity index (χ0v) is 22.2. The maximum Gasteiger partial charge on any atom is 0.333 e. The number of carbonyl (C=O) groups excluding carboxylic acids is 1. The first-order chi connectivity index (χ1) is 17.5. The number of nitrogens with zero attached hydrogens (tertiary/aromatic N) is 2. The van der Waals surface area contributed by atoms with E-state index in [-0.39, 0.29) is 20.9 Å². The highest BCUT2D eigenvalue weighted by atomic mass is 32.3. The van der Waals surface area contributed by atoms with Crippen molar-refractivity contribution in [3.8, 4) is 5.69 Å². The highest BCUT2D eigenvalue weighted by Gasteiger charge is 2.27. The highest BCUT2D eigenvalue weighted by Crippen LogP contribution is 2.34. The smallest absolute Gasteiger partial charge is 0.333 e. The molecule has 2 aromatic carbocycles. The van der Waals surface area contributed by atoms with Crippen LogP contribution < -0.4 is 20.9 Å². The number of carbonyl (C=O) groups is 1. The number of nitrogens with one attached hydrogen (secondary N) is 3. The van der Waals surface area contributed by atoms with Crippen LogP contribution in [0.4, 0.5) is 20.6 Å². The summed E-state index contributed by atoms with van der Waals surface area (Å²) >= 11 is 1.16. The summed E-state index contributed by atoms with van der Waals surface area (Å²) in [5.74, 6) is -0.757.